The van der Waals surface area contributed by atoms with Crippen LogP contribution in [0.4, 0.5) is 0 Å². The van der Waals surface area contributed by atoms with E-state index in [-0.39, 0.29) is 17.7 Å². The van der Waals surface area contributed by atoms with E-state index in [9.17, 15) is 9.59 Å². The Hall–Kier alpha value is -4.11. The second kappa shape index (κ2) is 9.50. The number of hydrogen-bond acceptors (Lipinski definition) is 7. The number of aromatic nitrogens is 2. The molecule has 8 nitrogen and oxygen atoms in total. The van der Waals surface area contributed by atoms with Gasteiger partial charge in [0, 0.05) is 28.2 Å². The number of hydrogen-bond donors (Lipinski definition) is 1. The van der Waals surface area contributed by atoms with Crippen molar-refractivity contribution in [2.24, 2.45) is 4.99 Å². The Bertz CT molecular complexity index is 1690. The molecule has 2 aromatic carbocycles. The van der Waals surface area contributed by atoms with Crippen LogP contribution in [0.25, 0.3) is 17.0 Å². The minimum atomic E-state index is -0.796. The molecular formula is C27H25N3O5S. The van der Waals surface area contributed by atoms with E-state index in [1.165, 1.54) is 11.3 Å². The summed E-state index contributed by atoms with van der Waals surface area (Å²) in [5.41, 5.74) is 3.00. The van der Waals surface area contributed by atoms with E-state index in [0.717, 1.165) is 16.5 Å². The molecule has 1 aliphatic rings. The number of fused-ring (bicyclic) bond motifs is 2. The van der Waals surface area contributed by atoms with Gasteiger partial charge < -0.3 is 19.2 Å². The smallest absolute Gasteiger partial charge is 0.338 e. The molecule has 5 rings (SSSR count). The van der Waals surface area contributed by atoms with Crippen molar-refractivity contribution < 1.29 is 19.0 Å². The Morgan fingerprint density at radius 2 is 2.00 bits per heavy atom. The number of allylic oxidation sites excluding steroid dienone is 1. The summed E-state index contributed by atoms with van der Waals surface area (Å²) in [5, 5.41) is 1.01. The first-order valence-electron chi connectivity index (χ1n) is 11.4. The molecule has 0 amide bonds. The van der Waals surface area contributed by atoms with Gasteiger partial charge in [-0.05, 0) is 44.2 Å². The number of nitrogens with one attached hydrogen (secondary N) is 1. The molecule has 36 heavy (non-hydrogen) atoms. The number of methoxy groups -OCH3 is 2. The molecule has 0 radical (unpaired) electrons. The highest BCUT2D eigenvalue weighted by molar-refractivity contribution is 7.07. The van der Waals surface area contributed by atoms with Crippen molar-refractivity contribution in [3.63, 3.8) is 0 Å². The van der Waals surface area contributed by atoms with Crippen LogP contribution in [0.2, 0.25) is 0 Å². The summed E-state index contributed by atoms with van der Waals surface area (Å²) in [6.07, 6.45) is 3.73. The molecule has 0 saturated carbocycles. The van der Waals surface area contributed by atoms with Crippen molar-refractivity contribution in [2.75, 3.05) is 20.8 Å². The van der Waals surface area contributed by atoms with Gasteiger partial charge in [-0.1, -0.05) is 29.5 Å². The van der Waals surface area contributed by atoms with Crippen molar-refractivity contribution in [3.8, 4) is 11.5 Å². The molecule has 0 saturated heterocycles. The number of H-pyrrole nitrogens is 1. The predicted octanol–water partition coefficient (Wildman–Crippen LogP) is 3.30. The van der Waals surface area contributed by atoms with Crippen LogP contribution >= 0.6 is 11.3 Å². The molecule has 1 N–H and O–H groups in total. The summed E-state index contributed by atoms with van der Waals surface area (Å²) >= 11 is 1.28. The van der Waals surface area contributed by atoms with Crippen LogP contribution in [0.15, 0.2) is 69.7 Å². The lowest BCUT2D eigenvalue weighted by Crippen LogP contribution is -2.40. The Morgan fingerprint density at radius 1 is 1.19 bits per heavy atom. The quantitative estimate of drug-likeness (QED) is 0.408. The summed E-state index contributed by atoms with van der Waals surface area (Å²) in [5.74, 6) is 0.563. The molecule has 9 heteroatoms. The van der Waals surface area contributed by atoms with E-state index in [0.29, 0.717) is 32.1 Å². The highest BCUT2D eigenvalue weighted by Gasteiger charge is 2.35. The zero-order chi connectivity index (χ0) is 25.4. The van der Waals surface area contributed by atoms with Gasteiger partial charge in [0.1, 0.15) is 17.5 Å². The number of para-hydroxylation sites is 1. The van der Waals surface area contributed by atoms with Crippen LogP contribution in [0.5, 0.6) is 11.5 Å². The molecule has 4 aromatic rings. The fraction of sp³-hybridized carbons (Fsp3) is 0.222. The van der Waals surface area contributed by atoms with E-state index in [2.05, 4.69) is 9.98 Å². The van der Waals surface area contributed by atoms with Crippen molar-refractivity contribution >= 4 is 34.3 Å². The van der Waals surface area contributed by atoms with Crippen LogP contribution in [0.1, 0.15) is 31.0 Å². The minimum Gasteiger partial charge on any atom is -0.497 e. The van der Waals surface area contributed by atoms with Crippen molar-refractivity contribution in [1.29, 1.82) is 0 Å². The standard InChI is InChI=1S/C27H25N3O5S/c1-5-35-26(32)23-15(2)29-27-30(24(23)19-13-17(33-3)10-11-21(19)34-4)25(31)22(36-27)12-16-14-28-20-9-7-6-8-18(16)20/h6-14,24,28H,5H2,1-4H3/b22-12-. The Labute approximate surface area is 210 Å². The first kappa shape index (κ1) is 23.6. The third-order valence-electron chi connectivity index (χ3n) is 6.16. The maximum Gasteiger partial charge on any atom is 0.338 e. The van der Waals surface area contributed by atoms with Crippen molar-refractivity contribution in [3.05, 3.63) is 90.7 Å². The number of ether oxygens (including phenoxy) is 3. The number of aromatic amines is 1. The number of carbonyl (C=O) groups is 1. The first-order valence-corrected chi connectivity index (χ1v) is 12.3. The molecule has 0 spiro atoms. The van der Waals surface area contributed by atoms with Gasteiger partial charge in [-0.2, -0.15) is 0 Å². The van der Waals surface area contributed by atoms with Gasteiger partial charge in [-0.3, -0.25) is 9.36 Å². The number of nitrogens with zero attached hydrogens (tertiary/aromatic N) is 2. The van der Waals surface area contributed by atoms with Crippen molar-refractivity contribution in [2.45, 2.75) is 19.9 Å². The van der Waals surface area contributed by atoms with E-state index in [1.54, 1.807) is 50.8 Å². The first-order chi connectivity index (χ1) is 17.5. The monoisotopic (exact) mass is 503 g/mol. The van der Waals surface area contributed by atoms with Crippen LogP contribution in [-0.2, 0) is 9.53 Å². The zero-order valence-electron chi connectivity index (χ0n) is 20.3. The second-order valence-corrected chi connectivity index (χ2v) is 9.21. The molecular weight excluding hydrogens is 478 g/mol. The van der Waals surface area contributed by atoms with E-state index >= 15 is 0 Å². The van der Waals surface area contributed by atoms with Crippen LogP contribution in [-0.4, -0.2) is 36.3 Å². The summed E-state index contributed by atoms with van der Waals surface area (Å²) in [7, 11) is 3.11. The number of thiazole rings is 1. The normalized spacial score (nSPS) is 15.6. The van der Waals surface area contributed by atoms with Crippen LogP contribution in [0, 0.1) is 0 Å². The van der Waals surface area contributed by atoms with Gasteiger partial charge in [-0.15, -0.1) is 0 Å². The molecule has 184 valence electrons. The predicted molar refractivity (Wildman–Crippen MR) is 138 cm³/mol. The SMILES string of the molecule is CCOC(=O)C1=C(C)N=c2s/c(=C\c3c[nH]c4ccccc34)c(=O)n2C1c1cc(OC)ccc1OC. The third-order valence-corrected chi connectivity index (χ3v) is 7.14. The molecule has 2 aromatic heterocycles. The van der Waals surface area contributed by atoms with Crippen LogP contribution in [0.3, 0.4) is 0 Å². The lowest BCUT2D eigenvalue weighted by atomic mass is 9.94. The lowest BCUT2D eigenvalue weighted by molar-refractivity contribution is -0.139. The van der Waals surface area contributed by atoms with E-state index in [4.69, 9.17) is 14.2 Å². The number of carbonyl (C=O) groups excluding carboxylic acids is 1. The van der Waals surface area contributed by atoms with Gasteiger partial charge in [0.2, 0.25) is 0 Å². The average molecular weight is 504 g/mol. The average Bonchev–Trinajstić information content (AvgIpc) is 3.43. The zero-order valence-corrected chi connectivity index (χ0v) is 21.1. The molecule has 3 heterocycles. The molecule has 1 aliphatic heterocycles. The molecule has 1 atom stereocenters. The third kappa shape index (κ3) is 3.91. The minimum absolute atomic E-state index is 0.197. The maximum absolute atomic E-state index is 13.9. The summed E-state index contributed by atoms with van der Waals surface area (Å²) in [6, 6.07) is 12.4. The summed E-state index contributed by atoms with van der Waals surface area (Å²) in [6.45, 7) is 3.69. The molecule has 1 unspecified atom stereocenters. The molecule has 0 fully saturated rings. The van der Waals surface area contributed by atoms with E-state index in [1.807, 2.05) is 36.5 Å². The molecule has 0 aliphatic carbocycles. The van der Waals surface area contributed by atoms with Gasteiger partial charge in [0.15, 0.2) is 4.80 Å². The lowest BCUT2D eigenvalue weighted by Gasteiger charge is -2.26. The van der Waals surface area contributed by atoms with E-state index < -0.39 is 12.0 Å². The number of esters is 1. The topological polar surface area (TPSA) is 94.9 Å². The number of benzene rings is 2. The van der Waals surface area contributed by atoms with Gasteiger partial charge in [0.25, 0.3) is 5.56 Å². The highest BCUT2D eigenvalue weighted by Crippen LogP contribution is 2.37. The number of rotatable bonds is 6. The van der Waals surface area contributed by atoms with Gasteiger partial charge in [-0.25, -0.2) is 9.79 Å². The van der Waals surface area contributed by atoms with Gasteiger partial charge >= 0.3 is 5.97 Å². The molecule has 0 bridgehead atoms. The summed E-state index contributed by atoms with van der Waals surface area (Å²) in [4.78, 5) is 35.4. The Morgan fingerprint density at radius 3 is 2.75 bits per heavy atom. The fourth-order valence-electron chi connectivity index (χ4n) is 4.49. The largest absolute Gasteiger partial charge is 0.497 e. The highest BCUT2D eigenvalue weighted by atomic mass is 32.1. The van der Waals surface area contributed by atoms with Crippen LogP contribution < -0.4 is 24.4 Å². The Kier molecular flexibility index (Phi) is 6.24. The van der Waals surface area contributed by atoms with Gasteiger partial charge in [0.05, 0.1) is 36.6 Å². The fourth-order valence-corrected chi connectivity index (χ4v) is 5.53. The summed E-state index contributed by atoms with van der Waals surface area (Å²) < 4.78 is 18.5. The Balaban J connectivity index is 1.78. The van der Waals surface area contributed by atoms with Crippen molar-refractivity contribution in [1.82, 2.24) is 9.55 Å². The maximum atomic E-state index is 13.9. The second-order valence-electron chi connectivity index (χ2n) is 8.20.